The number of hydrogen-bond donors (Lipinski definition) is 1. The van der Waals surface area contributed by atoms with Crippen LogP contribution in [0, 0.1) is 0 Å². The summed E-state index contributed by atoms with van der Waals surface area (Å²) in [6, 6.07) is 0.306. The van der Waals surface area contributed by atoms with Crippen molar-refractivity contribution in [3.8, 4) is 0 Å². The molecule has 0 amide bonds. The van der Waals surface area contributed by atoms with Gasteiger partial charge in [0.1, 0.15) is 0 Å². The SMILES string of the molecule is C=CCCN1CSCC1/C=N\O. The molecule has 1 heterocycles. The van der Waals surface area contributed by atoms with Crippen LogP contribution in [-0.4, -0.2) is 40.5 Å². The van der Waals surface area contributed by atoms with Gasteiger partial charge in [-0.15, -0.1) is 23.5 Å². The lowest BCUT2D eigenvalue weighted by molar-refractivity contribution is 0.298. The quantitative estimate of drug-likeness (QED) is 0.312. The summed E-state index contributed by atoms with van der Waals surface area (Å²) in [4.78, 5) is 2.28. The van der Waals surface area contributed by atoms with Crippen LogP contribution < -0.4 is 0 Å². The Hall–Kier alpha value is -0.480. The Balaban J connectivity index is 2.35. The number of thioether (sulfide) groups is 1. The van der Waals surface area contributed by atoms with E-state index in [4.69, 9.17) is 5.21 Å². The van der Waals surface area contributed by atoms with Crippen LogP contribution in [0.15, 0.2) is 17.8 Å². The Morgan fingerprint density at radius 2 is 2.58 bits per heavy atom. The average Bonchev–Trinajstić information content (AvgIpc) is 2.50. The van der Waals surface area contributed by atoms with E-state index in [0.29, 0.717) is 6.04 Å². The zero-order valence-corrected chi connectivity index (χ0v) is 7.83. The van der Waals surface area contributed by atoms with E-state index in [1.165, 1.54) is 0 Å². The second-order valence-corrected chi connectivity index (χ2v) is 3.72. The monoisotopic (exact) mass is 186 g/mol. The highest BCUT2D eigenvalue weighted by Crippen LogP contribution is 2.19. The molecular formula is C8H14N2OS. The third-order valence-corrected chi connectivity index (χ3v) is 2.97. The van der Waals surface area contributed by atoms with E-state index in [9.17, 15) is 0 Å². The molecule has 1 N–H and O–H groups in total. The second kappa shape index (κ2) is 5.22. The molecule has 0 radical (unpaired) electrons. The first-order valence-electron chi connectivity index (χ1n) is 3.98. The lowest BCUT2D eigenvalue weighted by Crippen LogP contribution is -2.32. The number of oxime groups is 1. The van der Waals surface area contributed by atoms with Gasteiger partial charge in [0.05, 0.1) is 12.3 Å². The summed E-state index contributed by atoms with van der Waals surface area (Å²) in [6.45, 7) is 4.68. The number of nitrogens with zero attached hydrogens (tertiary/aromatic N) is 2. The molecule has 0 spiro atoms. The first-order valence-corrected chi connectivity index (χ1v) is 5.14. The molecule has 0 saturated carbocycles. The van der Waals surface area contributed by atoms with Gasteiger partial charge >= 0.3 is 0 Å². The van der Waals surface area contributed by atoms with Gasteiger partial charge in [0.2, 0.25) is 0 Å². The fourth-order valence-electron chi connectivity index (χ4n) is 1.19. The van der Waals surface area contributed by atoms with E-state index in [0.717, 1.165) is 24.6 Å². The van der Waals surface area contributed by atoms with Crippen molar-refractivity contribution < 1.29 is 5.21 Å². The second-order valence-electron chi connectivity index (χ2n) is 2.72. The van der Waals surface area contributed by atoms with Crippen LogP contribution in [0.4, 0.5) is 0 Å². The van der Waals surface area contributed by atoms with Gasteiger partial charge in [0.25, 0.3) is 0 Å². The summed E-state index contributed by atoms with van der Waals surface area (Å²) in [7, 11) is 0. The zero-order chi connectivity index (χ0) is 8.81. The Kier molecular flexibility index (Phi) is 4.18. The van der Waals surface area contributed by atoms with Crippen LogP contribution in [0.25, 0.3) is 0 Å². The summed E-state index contributed by atoms with van der Waals surface area (Å²) in [5.74, 6) is 2.06. The highest BCUT2D eigenvalue weighted by atomic mass is 32.2. The minimum atomic E-state index is 0.306. The van der Waals surface area contributed by atoms with Crippen LogP contribution in [0.2, 0.25) is 0 Å². The summed E-state index contributed by atoms with van der Waals surface area (Å²) >= 11 is 1.87. The lowest BCUT2D eigenvalue weighted by Gasteiger charge is -2.18. The van der Waals surface area contributed by atoms with Gasteiger partial charge in [-0.1, -0.05) is 6.08 Å². The van der Waals surface area contributed by atoms with Gasteiger partial charge in [-0.05, 0) is 6.42 Å². The van der Waals surface area contributed by atoms with Gasteiger partial charge in [0, 0.05) is 18.2 Å². The van der Waals surface area contributed by atoms with E-state index in [2.05, 4.69) is 16.6 Å². The Morgan fingerprint density at radius 3 is 3.25 bits per heavy atom. The Labute approximate surface area is 77.1 Å². The van der Waals surface area contributed by atoms with Crippen LogP contribution in [0.3, 0.4) is 0 Å². The predicted molar refractivity (Wildman–Crippen MR) is 52.9 cm³/mol. The van der Waals surface area contributed by atoms with E-state index in [-0.39, 0.29) is 0 Å². The molecule has 4 heteroatoms. The normalized spacial score (nSPS) is 25.2. The van der Waals surface area contributed by atoms with Crippen molar-refractivity contribution in [3.63, 3.8) is 0 Å². The molecule has 12 heavy (non-hydrogen) atoms. The molecule has 0 bridgehead atoms. The maximum Gasteiger partial charge on any atom is 0.0616 e. The molecular weight excluding hydrogens is 172 g/mol. The fourth-order valence-corrected chi connectivity index (χ4v) is 2.39. The van der Waals surface area contributed by atoms with Crippen molar-refractivity contribution in [2.75, 3.05) is 18.2 Å². The summed E-state index contributed by atoms with van der Waals surface area (Å²) in [5.41, 5.74) is 0. The summed E-state index contributed by atoms with van der Waals surface area (Å²) in [5, 5.41) is 11.5. The first-order chi connectivity index (χ1) is 5.88. The molecule has 1 saturated heterocycles. The van der Waals surface area contributed by atoms with E-state index >= 15 is 0 Å². The number of rotatable bonds is 4. The van der Waals surface area contributed by atoms with Crippen molar-refractivity contribution in [1.29, 1.82) is 0 Å². The van der Waals surface area contributed by atoms with Crippen molar-refractivity contribution in [3.05, 3.63) is 12.7 Å². The fraction of sp³-hybridized carbons (Fsp3) is 0.625. The third-order valence-electron chi connectivity index (χ3n) is 1.87. The van der Waals surface area contributed by atoms with Crippen molar-refractivity contribution in [2.45, 2.75) is 12.5 Å². The first kappa shape index (κ1) is 9.61. The van der Waals surface area contributed by atoms with Crippen LogP contribution >= 0.6 is 11.8 Å². The molecule has 1 aliphatic rings. The van der Waals surface area contributed by atoms with Gasteiger partial charge in [-0.2, -0.15) is 0 Å². The molecule has 1 fully saturated rings. The van der Waals surface area contributed by atoms with Crippen LogP contribution in [0.1, 0.15) is 6.42 Å². The van der Waals surface area contributed by atoms with Gasteiger partial charge in [-0.3, -0.25) is 4.90 Å². The molecule has 68 valence electrons. The van der Waals surface area contributed by atoms with Crippen molar-refractivity contribution in [2.24, 2.45) is 5.16 Å². The van der Waals surface area contributed by atoms with Crippen molar-refractivity contribution in [1.82, 2.24) is 4.90 Å². The van der Waals surface area contributed by atoms with Gasteiger partial charge in [0.15, 0.2) is 0 Å². The average molecular weight is 186 g/mol. The Bertz CT molecular complexity index is 172. The smallest absolute Gasteiger partial charge is 0.0616 e. The van der Waals surface area contributed by atoms with Gasteiger partial charge < -0.3 is 5.21 Å². The lowest BCUT2D eigenvalue weighted by atomic mass is 10.3. The summed E-state index contributed by atoms with van der Waals surface area (Å²) in [6.07, 6.45) is 4.51. The van der Waals surface area contributed by atoms with E-state index < -0.39 is 0 Å². The molecule has 1 rings (SSSR count). The van der Waals surface area contributed by atoms with Crippen molar-refractivity contribution >= 4 is 18.0 Å². The molecule has 1 unspecified atom stereocenters. The van der Waals surface area contributed by atoms with Crippen LogP contribution in [0.5, 0.6) is 0 Å². The highest BCUT2D eigenvalue weighted by Gasteiger charge is 2.22. The number of hydrogen-bond acceptors (Lipinski definition) is 4. The highest BCUT2D eigenvalue weighted by molar-refractivity contribution is 7.99. The summed E-state index contributed by atoms with van der Waals surface area (Å²) < 4.78 is 0. The predicted octanol–water partition coefficient (Wildman–Crippen LogP) is 1.40. The van der Waals surface area contributed by atoms with Crippen LogP contribution in [-0.2, 0) is 0 Å². The molecule has 1 aliphatic heterocycles. The molecule has 0 aromatic rings. The van der Waals surface area contributed by atoms with Gasteiger partial charge in [-0.25, -0.2) is 0 Å². The molecule has 1 atom stereocenters. The van der Waals surface area contributed by atoms with E-state index in [1.54, 1.807) is 6.21 Å². The standard InChI is InChI=1S/C8H14N2OS/c1-2-3-4-10-7-12-6-8(10)5-9-11/h2,5,8,11H,1,3-4,6-7H2/b9-5-. The minimum absolute atomic E-state index is 0.306. The maximum atomic E-state index is 8.38. The molecule has 3 nitrogen and oxygen atoms in total. The topological polar surface area (TPSA) is 35.8 Å². The maximum absolute atomic E-state index is 8.38. The van der Waals surface area contributed by atoms with E-state index in [1.807, 2.05) is 17.8 Å². The largest absolute Gasteiger partial charge is 0.411 e. The molecule has 0 aromatic carbocycles. The molecule has 0 aromatic heterocycles. The molecule has 0 aliphatic carbocycles. The minimum Gasteiger partial charge on any atom is -0.411 e. The third kappa shape index (κ3) is 2.53. The Morgan fingerprint density at radius 1 is 1.75 bits per heavy atom. The zero-order valence-electron chi connectivity index (χ0n) is 7.02.